The summed E-state index contributed by atoms with van der Waals surface area (Å²) in [7, 11) is 0. The van der Waals surface area contributed by atoms with Crippen molar-refractivity contribution in [3.63, 3.8) is 0 Å². The number of fused-ring (bicyclic) bond motifs is 1. The molecule has 2 unspecified atom stereocenters. The monoisotopic (exact) mass is 258 g/mol. The van der Waals surface area contributed by atoms with Gasteiger partial charge in [-0.25, -0.2) is 4.39 Å². The normalized spacial score (nSPS) is 20.9. The topological polar surface area (TPSA) is 46.0 Å². The van der Waals surface area contributed by atoms with Gasteiger partial charge in [0.1, 0.15) is 11.4 Å². The summed E-state index contributed by atoms with van der Waals surface area (Å²) in [5, 5.41) is 10.8. The standard InChI is InChI=1S/C15H15FN2O/c1-15(19,13-7-5-11(16)9-18-13)12-6-4-10-3-2-8-17-14(10)12/h2-3,5,7-9,12,19H,4,6H2,1H3. The number of hydrogen-bond acceptors (Lipinski definition) is 3. The van der Waals surface area contributed by atoms with E-state index in [1.807, 2.05) is 12.1 Å². The molecule has 1 aliphatic rings. The summed E-state index contributed by atoms with van der Waals surface area (Å²) in [6.45, 7) is 1.72. The van der Waals surface area contributed by atoms with Crippen molar-refractivity contribution in [2.75, 3.05) is 0 Å². The molecule has 2 atom stereocenters. The molecular weight excluding hydrogens is 243 g/mol. The van der Waals surface area contributed by atoms with Crippen LogP contribution in [0, 0.1) is 5.82 Å². The summed E-state index contributed by atoms with van der Waals surface area (Å²) in [5.74, 6) is -0.494. The molecule has 2 heterocycles. The van der Waals surface area contributed by atoms with Gasteiger partial charge in [-0.3, -0.25) is 9.97 Å². The van der Waals surface area contributed by atoms with E-state index < -0.39 is 11.4 Å². The molecule has 3 nitrogen and oxygen atoms in total. The molecule has 0 fully saturated rings. The Bertz CT molecular complexity index is 595. The number of aromatic nitrogens is 2. The van der Waals surface area contributed by atoms with Gasteiger partial charge in [-0.05, 0) is 43.5 Å². The quantitative estimate of drug-likeness (QED) is 0.900. The molecule has 0 spiro atoms. The van der Waals surface area contributed by atoms with E-state index in [1.54, 1.807) is 13.1 Å². The van der Waals surface area contributed by atoms with Gasteiger partial charge in [-0.2, -0.15) is 0 Å². The summed E-state index contributed by atoms with van der Waals surface area (Å²) >= 11 is 0. The zero-order valence-electron chi connectivity index (χ0n) is 10.7. The molecule has 0 saturated heterocycles. The third-order valence-corrected chi connectivity index (χ3v) is 3.88. The smallest absolute Gasteiger partial charge is 0.141 e. The number of aryl methyl sites for hydroxylation is 1. The van der Waals surface area contributed by atoms with E-state index in [0.29, 0.717) is 5.69 Å². The minimum atomic E-state index is -1.13. The van der Waals surface area contributed by atoms with Crippen LogP contribution >= 0.6 is 0 Å². The van der Waals surface area contributed by atoms with E-state index in [2.05, 4.69) is 9.97 Å². The van der Waals surface area contributed by atoms with E-state index in [-0.39, 0.29) is 5.92 Å². The highest BCUT2D eigenvalue weighted by molar-refractivity contribution is 5.33. The molecule has 0 radical (unpaired) electrons. The first kappa shape index (κ1) is 12.2. The fraction of sp³-hybridized carbons (Fsp3) is 0.333. The fourth-order valence-corrected chi connectivity index (χ4v) is 2.81. The number of rotatable bonds is 2. The molecule has 3 rings (SSSR count). The fourth-order valence-electron chi connectivity index (χ4n) is 2.81. The van der Waals surface area contributed by atoms with Gasteiger partial charge in [-0.15, -0.1) is 0 Å². The zero-order valence-corrected chi connectivity index (χ0v) is 10.7. The van der Waals surface area contributed by atoms with Crippen LogP contribution < -0.4 is 0 Å². The third kappa shape index (κ3) is 2.02. The Balaban J connectivity index is 2.00. The highest BCUT2D eigenvalue weighted by Crippen LogP contribution is 2.43. The van der Waals surface area contributed by atoms with Crippen LogP contribution in [0.3, 0.4) is 0 Å². The lowest BCUT2D eigenvalue weighted by Gasteiger charge is -2.29. The Labute approximate surface area is 111 Å². The maximum atomic E-state index is 12.9. The lowest BCUT2D eigenvalue weighted by molar-refractivity contribution is 0.0212. The molecule has 1 aliphatic carbocycles. The van der Waals surface area contributed by atoms with Gasteiger partial charge in [0, 0.05) is 17.8 Å². The van der Waals surface area contributed by atoms with E-state index in [0.717, 1.165) is 24.7 Å². The average molecular weight is 258 g/mol. The van der Waals surface area contributed by atoms with Crippen molar-refractivity contribution >= 4 is 0 Å². The molecule has 4 heteroatoms. The van der Waals surface area contributed by atoms with Crippen LogP contribution in [0.4, 0.5) is 4.39 Å². The number of hydrogen-bond donors (Lipinski definition) is 1. The van der Waals surface area contributed by atoms with Gasteiger partial charge in [0.15, 0.2) is 0 Å². The van der Waals surface area contributed by atoms with Gasteiger partial charge in [0.2, 0.25) is 0 Å². The zero-order chi connectivity index (χ0) is 13.5. The van der Waals surface area contributed by atoms with Crippen LogP contribution in [0.25, 0.3) is 0 Å². The van der Waals surface area contributed by atoms with Crippen molar-refractivity contribution in [1.82, 2.24) is 9.97 Å². The minimum absolute atomic E-state index is 0.0957. The van der Waals surface area contributed by atoms with Crippen molar-refractivity contribution in [3.8, 4) is 0 Å². The third-order valence-electron chi connectivity index (χ3n) is 3.88. The minimum Gasteiger partial charge on any atom is -0.383 e. The van der Waals surface area contributed by atoms with Crippen molar-refractivity contribution in [1.29, 1.82) is 0 Å². The number of aliphatic hydroxyl groups is 1. The van der Waals surface area contributed by atoms with E-state index >= 15 is 0 Å². The van der Waals surface area contributed by atoms with E-state index in [9.17, 15) is 9.50 Å². The first-order chi connectivity index (χ1) is 9.09. The van der Waals surface area contributed by atoms with Gasteiger partial charge in [0.05, 0.1) is 11.9 Å². The van der Waals surface area contributed by atoms with Crippen LogP contribution in [-0.4, -0.2) is 15.1 Å². The van der Waals surface area contributed by atoms with Gasteiger partial charge in [0.25, 0.3) is 0 Å². The second kappa shape index (κ2) is 4.38. The van der Waals surface area contributed by atoms with Crippen LogP contribution in [0.2, 0.25) is 0 Å². The lowest BCUT2D eigenvalue weighted by atomic mass is 9.84. The first-order valence-electron chi connectivity index (χ1n) is 6.37. The molecule has 98 valence electrons. The van der Waals surface area contributed by atoms with Crippen LogP contribution in [0.15, 0.2) is 36.7 Å². The van der Waals surface area contributed by atoms with Crippen LogP contribution in [0.1, 0.15) is 36.2 Å². The molecule has 0 bridgehead atoms. The highest BCUT2D eigenvalue weighted by Gasteiger charge is 2.40. The Morgan fingerprint density at radius 2 is 2.16 bits per heavy atom. The summed E-state index contributed by atoms with van der Waals surface area (Å²) < 4.78 is 12.9. The summed E-state index contributed by atoms with van der Waals surface area (Å²) in [6.07, 6.45) is 4.62. The second-order valence-electron chi connectivity index (χ2n) is 5.15. The molecule has 0 saturated carbocycles. The largest absolute Gasteiger partial charge is 0.383 e. The molecule has 2 aromatic rings. The molecule has 0 amide bonds. The lowest BCUT2D eigenvalue weighted by Crippen LogP contribution is -2.30. The van der Waals surface area contributed by atoms with E-state index in [4.69, 9.17) is 0 Å². The maximum absolute atomic E-state index is 12.9. The molecule has 0 aromatic carbocycles. The average Bonchev–Trinajstić information content (AvgIpc) is 2.83. The van der Waals surface area contributed by atoms with Gasteiger partial charge >= 0.3 is 0 Å². The number of pyridine rings is 2. The Morgan fingerprint density at radius 3 is 2.89 bits per heavy atom. The summed E-state index contributed by atoms with van der Waals surface area (Å²) in [5.41, 5.74) is 1.46. The van der Waals surface area contributed by atoms with Crippen LogP contribution in [-0.2, 0) is 12.0 Å². The Morgan fingerprint density at radius 1 is 1.32 bits per heavy atom. The van der Waals surface area contributed by atoms with Crippen molar-refractivity contribution in [2.24, 2.45) is 0 Å². The van der Waals surface area contributed by atoms with Crippen LogP contribution in [0.5, 0.6) is 0 Å². The molecule has 19 heavy (non-hydrogen) atoms. The maximum Gasteiger partial charge on any atom is 0.141 e. The highest BCUT2D eigenvalue weighted by atomic mass is 19.1. The van der Waals surface area contributed by atoms with Crippen molar-refractivity contribution in [2.45, 2.75) is 31.3 Å². The van der Waals surface area contributed by atoms with Crippen molar-refractivity contribution in [3.05, 3.63) is 59.4 Å². The van der Waals surface area contributed by atoms with E-state index in [1.165, 1.54) is 17.7 Å². The molecule has 0 aliphatic heterocycles. The summed E-state index contributed by atoms with van der Waals surface area (Å²) in [6, 6.07) is 6.81. The SMILES string of the molecule is CC(O)(c1ccc(F)cn1)C1CCc2cccnc21. The second-order valence-corrected chi connectivity index (χ2v) is 5.15. The number of halogens is 1. The predicted octanol–water partition coefficient (Wildman–Crippen LogP) is 2.55. The molecule has 1 N–H and O–H groups in total. The summed E-state index contributed by atoms with van der Waals surface area (Å²) in [4.78, 5) is 8.40. The van der Waals surface area contributed by atoms with Crippen molar-refractivity contribution < 1.29 is 9.50 Å². The Hall–Kier alpha value is -1.81. The molecule has 2 aromatic heterocycles. The predicted molar refractivity (Wildman–Crippen MR) is 69.1 cm³/mol. The number of nitrogens with zero attached hydrogens (tertiary/aromatic N) is 2. The first-order valence-corrected chi connectivity index (χ1v) is 6.37. The molecular formula is C15H15FN2O. The Kier molecular flexibility index (Phi) is 2.82. The van der Waals surface area contributed by atoms with Gasteiger partial charge < -0.3 is 5.11 Å². The van der Waals surface area contributed by atoms with Gasteiger partial charge in [-0.1, -0.05) is 6.07 Å².